The molecule has 9 heteroatoms. The molecule has 0 saturated carbocycles. The summed E-state index contributed by atoms with van der Waals surface area (Å²) in [7, 11) is 0. The van der Waals surface area contributed by atoms with Gasteiger partial charge >= 0.3 is 6.16 Å². The van der Waals surface area contributed by atoms with Gasteiger partial charge in [0, 0.05) is 19.1 Å². The third kappa shape index (κ3) is 2.83. The monoisotopic (exact) mass is 403 g/mol. The molecule has 8 nitrogen and oxygen atoms in total. The molecule has 0 radical (unpaired) electrons. The average Bonchev–Trinajstić information content (AvgIpc) is 3.10. The largest absolute Gasteiger partial charge is 0.511 e. The number of hydrogen-bond donors (Lipinski definition) is 2. The van der Waals surface area contributed by atoms with Crippen molar-refractivity contribution in [3.05, 3.63) is 28.3 Å². The molecule has 0 unspecified atom stereocenters. The Hall–Kier alpha value is -2.81. The van der Waals surface area contributed by atoms with Gasteiger partial charge in [-0.25, -0.2) is 9.18 Å². The van der Waals surface area contributed by atoms with Crippen molar-refractivity contribution in [1.29, 1.82) is 0 Å². The molecule has 0 bridgehead atoms. The van der Waals surface area contributed by atoms with Crippen LogP contribution in [0.1, 0.15) is 25.8 Å². The number of hydrogen-bond acceptors (Lipinski definition) is 6. The summed E-state index contributed by atoms with van der Waals surface area (Å²) in [6, 6.07) is 1.34. The zero-order valence-electron chi connectivity index (χ0n) is 16.0. The summed E-state index contributed by atoms with van der Waals surface area (Å²) in [4.78, 5) is 25.7. The van der Waals surface area contributed by atoms with E-state index in [1.807, 2.05) is 11.8 Å². The van der Waals surface area contributed by atoms with Crippen LogP contribution < -0.4 is 25.1 Å². The Morgan fingerprint density at radius 3 is 3.00 bits per heavy atom. The van der Waals surface area contributed by atoms with Gasteiger partial charge in [-0.05, 0) is 38.3 Å². The van der Waals surface area contributed by atoms with Crippen molar-refractivity contribution in [2.75, 3.05) is 31.1 Å². The van der Waals surface area contributed by atoms with E-state index in [1.54, 1.807) is 4.57 Å². The van der Waals surface area contributed by atoms with E-state index >= 15 is 4.39 Å². The van der Waals surface area contributed by atoms with Gasteiger partial charge in [-0.1, -0.05) is 0 Å². The summed E-state index contributed by atoms with van der Waals surface area (Å²) in [5.41, 5.74) is 0.186. The van der Waals surface area contributed by atoms with Gasteiger partial charge in [-0.15, -0.1) is 0 Å². The molecule has 4 heterocycles. The number of ether oxygens (including phenoxy) is 2. The highest BCUT2D eigenvalue weighted by Gasteiger charge is 2.38. The Labute approximate surface area is 165 Å². The van der Waals surface area contributed by atoms with Gasteiger partial charge in [0.1, 0.15) is 12.3 Å². The smallest absolute Gasteiger partial charge is 0.487 e. The number of carboxylic acid groups (broad SMARTS) is 1. The lowest BCUT2D eigenvalue weighted by atomic mass is 9.94. The predicted molar refractivity (Wildman–Crippen MR) is 104 cm³/mol. The molecule has 2 saturated heterocycles. The molecule has 2 N–H and O–H groups in total. The number of nitrogens with zero attached hydrogens (tertiary/aromatic N) is 2. The first kappa shape index (κ1) is 18.2. The van der Waals surface area contributed by atoms with Crippen LogP contribution in [-0.4, -0.2) is 48.1 Å². The molecule has 3 atom stereocenters. The van der Waals surface area contributed by atoms with Crippen LogP contribution in [0.2, 0.25) is 0 Å². The second kappa shape index (κ2) is 6.62. The molecule has 3 aliphatic rings. The fraction of sp³-hybridized carbons (Fsp3) is 0.500. The van der Waals surface area contributed by atoms with Crippen LogP contribution in [0, 0.1) is 11.7 Å². The van der Waals surface area contributed by atoms with E-state index in [9.17, 15) is 9.59 Å². The minimum absolute atomic E-state index is 0.0567. The first-order chi connectivity index (χ1) is 13.9. The maximum Gasteiger partial charge on any atom is 0.511 e. The van der Waals surface area contributed by atoms with E-state index in [0.29, 0.717) is 35.5 Å². The van der Waals surface area contributed by atoms with Gasteiger partial charge in [0.25, 0.3) is 0 Å². The molecular weight excluding hydrogens is 381 g/mol. The van der Waals surface area contributed by atoms with E-state index in [2.05, 4.69) is 10.1 Å². The van der Waals surface area contributed by atoms with E-state index < -0.39 is 17.4 Å². The number of benzene rings is 1. The lowest BCUT2D eigenvalue weighted by Gasteiger charge is -2.31. The number of piperidine rings is 1. The number of aromatic nitrogens is 1. The van der Waals surface area contributed by atoms with Crippen LogP contribution in [0.5, 0.6) is 11.5 Å². The number of fused-ring (bicyclic) bond motifs is 1. The molecular formula is C20H22FN3O5. The van der Waals surface area contributed by atoms with Crippen LogP contribution in [0.3, 0.4) is 0 Å². The van der Waals surface area contributed by atoms with Crippen molar-refractivity contribution < 1.29 is 23.8 Å². The van der Waals surface area contributed by atoms with Crippen molar-refractivity contribution in [3.63, 3.8) is 0 Å². The topological polar surface area (TPSA) is 93.0 Å². The molecule has 1 aromatic heterocycles. The van der Waals surface area contributed by atoms with Crippen molar-refractivity contribution in [2.24, 2.45) is 5.92 Å². The average molecular weight is 403 g/mol. The van der Waals surface area contributed by atoms with Crippen LogP contribution in [0.4, 0.5) is 14.9 Å². The molecule has 2 fully saturated rings. The molecule has 3 aliphatic heterocycles. The molecule has 2 aromatic rings. The summed E-state index contributed by atoms with van der Waals surface area (Å²) in [5.74, 6) is -0.0807. The van der Waals surface area contributed by atoms with Gasteiger partial charge < -0.3 is 29.4 Å². The Balaban J connectivity index is 1.69. The van der Waals surface area contributed by atoms with Gasteiger partial charge in [0.15, 0.2) is 17.3 Å². The molecule has 29 heavy (non-hydrogen) atoms. The third-order valence-electron chi connectivity index (χ3n) is 6.22. The van der Waals surface area contributed by atoms with E-state index in [4.69, 9.17) is 9.84 Å². The van der Waals surface area contributed by atoms with Gasteiger partial charge in [0.05, 0.1) is 23.1 Å². The highest BCUT2D eigenvalue weighted by atomic mass is 19.1. The summed E-state index contributed by atoms with van der Waals surface area (Å²) in [6.45, 7) is 4.56. The molecule has 5 rings (SSSR count). The van der Waals surface area contributed by atoms with E-state index in [0.717, 1.165) is 25.9 Å². The van der Waals surface area contributed by atoms with Crippen LogP contribution >= 0.6 is 0 Å². The maximum atomic E-state index is 15.3. The fourth-order valence-corrected chi connectivity index (χ4v) is 4.88. The molecule has 154 valence electrons. The van der Waals surface area contributed by atoms with Crippen molar-refractivity contribution in [2.45, 2.75) is 31.8 Å². The number of halogens is 1. The second-order valence-electron chi connectivity index (χ2n) is 8.06. The number of pyridine rings is 1. The predicted octanol–water partition coefficient (Wildman–Crippen LogP) is 2.34. The summed E-state index contributed by atoms with van der Waals surface area (Å²) >= 11 is 0. The van der Waals surface area contributed by atoms with Gasteiger partial charge in [-0.3, -0.25) is 4.79 Å². The van der Waals surface area contributed by atoms with Crippen LogP contribution in [0.25, 0.3) is 10.9 Å². The Bertz CT molecular complexity index is 1050. The summed E-state index contributed by atoms with van der Waals surface area (Å²) < 4.78 is 27.6. The summed E-state index contributed by atoms with van der Waals surface area (Å²) in [6.07, 6.45) is 2.01. The molecule has 0 spiro atoms. The standard InChI is InChI=1S/C20H22FN3O5/c1-10-9-28-19-16-12(18(25)15(8-24(10)16)29-20(26)27)5-13(21)17(19)23-6-11-3-2-4-22-14(11)7-23/h5,8,10-11,14,22H,2-4,6-7,9H2,1H3,(H,26,27)/t10-,11-,14+/m0/s1. The van der Waals surface area contributed by atoms with Gasteiger partial charge in [-0.2, -0.15) is 0 Å². The minimum atomic E-state index is -1.58. The van der Waals surface area contributed by atoms with E-state index in [1.165, 1.54) is 12.3 Å². The Morgan fingerprint density at radius 2 is 2.24 bits per heavy atom. The number of rotatable bonds is 2. The van der Waals surface area contributed by atoms with Crippen molar-refractivity contribution >= 4 is 22.7 Å². The Kier molecular flexibility index (Phi) is 4.16. The van der Waals surface area contributed by atoms with Crippen LogP contribution in [-0.2, 0) is 0 Å². The van der Waals surface area contributed by atoms with E-state index in [-0.39, 0.29) is 23.8 Å². The SMILES string of the molecule is C[C@H]1COc2c(N3C[C@@H]4CCCN[C@@H]4C3)c(F)cc3c(=O)c(OC(=O)O)cn1c23. The Morgan fingerprint density at radius 1 is 1.41 bits per heavy atom. The van der Waals surface area contributed by atoms with Gasteiger partial charge in [0.2, 0.25) is 5.43 Å². The van der Waals surface area contributed by atoms with Crippen LogP contribution in [0.15, 0.2) is 17.1 Å². The number of nitrogens with one attached hydrogen (secondary N) is 1. The summed E-state index contributed by atoms with van der Waals surface area (Å²) in [5, 5.41) is 12.5. The highest BCUT2D eigenvalue weighted by molar-refractivity contribution is 5.93. The third-order valence-corrected chi connectivity index (χ3v) is 6.22. The number of carbonyl (C=O) groups is 1. The fourth-order valence-electron chi connectivity index (χ4n) is 4.88. The van der Waals surface area contributed by atoms with Crippen molar-refractivity contribution in [3.8, 4) is 11.5 Å². The zero-order valence-corrected chi connectivity index (χ0v) is 16.0. The normalized spacial score (nSPS) is 25.6. The van der Waals surface area contributed by atoms with Crippen molar-refractivity contribution in [1.82, 2.24) is 9.88 Å². The molecule has 0 aliphatic carbocycles. The first-order valence-electron chi connectivity index (χ1n) is 9.87. The molecule has 0 amide bonds. The maximum absolute atomic E-state index is 15.3. The highest BCUT2D eigenvalue weighted by Crippen LogP contribution is 2.44. The second-order valence-corrected chi connectivity index (χ2v) is 8.06. The zero-order chi connectivity index (χ0) is 20.3. The lowest BCUT2D eigenvalue weighted by Crippen LogP contribution is -2.40. The number of anilines is 1. The lowest BCUT2D eigenvalue weighted by molar-refractivity contribution is 0.143. The minimum Gasteiger partial charge on any atom is -0.487 e. The molecule has 1 aromatic carbocycles. The quantitative estimate of drug-likeness (QED) is 0.744. The first-order valence-corrected chi connectivity index (χ1v) is 9.87.